The standard InChI is InChI=1S/C10H16N2O4.C9H11N3.C8H6Cl2O/c1-11-5-9(14)12-7-10(4-8(12)6-13)15-2-3-16-10;1-10-6-8-4-7-5-11-3-2-9(7)12-8;9-7-2-1-6(3-4-11)5-8(7)10/h6,8,11H,2-5,7H2,1H3;2-5,10,12H,6H2,1H3;1-2,4-5H,3H2. The lowest BCUT2D eigenvalue weighted by Crippen LogP contribution is -2.42. The summed E-state index contributed by atoms with van der Waals surface area (Å²) in [7, 11) is 3.63. The van der Waals surface area contributed by atoms with Crippen LogP contribution in [0.15, 0.2) is 42.7 Å². The van der Waals surface area contributed by atoms with Gasteiger partial charge in [-0.15, -0.1) is 0 Å². The van der Waals surface area contributed by atoms with Crippen molar-refractivity contribution in [2.75, 3.05) is 40.4 Å². The molecule has 12 heteroatoms. The summed E-state index contributed by atoms with van der Waals surface area (Å²) in [6.07, 6.45) is 6.10. The number of halogens is 2. The Morgan fingerprint density at radius 3 is 2.54 bits per heavy atom. The molecule has 0 aliphatic carbocycles. The molecule has 0 radical (unpaired) electrons. The third kappa shape index (κ3) is 8.56. The summed E-state index contributed by atoms with van der Waals surface area (Å²) in [6.45, 7) is 2.49. The third-order valence-electron chi connectivity index (χ3n) is 6.10. The predicted molar refractivity (Wildman–Crippen MR) is 150 cm³/mol. The molecule has 1 unspecified atom stereocenters. The number of amides is 1. The minimum absolute atomic E-state index is 0.101. The lowest BCUT2D eigenvalue weighted by Gasteiger charge is -2.22. The molecule has 5 rings (SSSR count). The molecule has 2 aliphatic heterocycles. The second kappa shape index (κ2) is 15.1. The van der Waals surface area contributed by atoms with E-state index < -0.39 is 11.8 Å². The first-order chi connectivity index (χ1) is 18.8. The van der Waals surface area contributed by atoms with Crippen LogP contribution >= 0.6 is 23.2 Å². The SMILES string of the molecule is CNCC(=O)N1CC2(CC1C=O)OCCO2.CNCc1cc2cnccc2[nH]1.O=CCc1ccc(Cl)c(Cl)c1. The van der Waals surface area contributed by atoms with E-state index in [9.17, 15) is 14.4 Å². The number of carbonyl (C=O) groups is 3. The van der Waals surface area contributed by atoms with Crippen LogP contribution in [0, 0.1) is 0 Å². The van der Waals surface area contributed by atoms with Gasteiger partial charge in [0, 0.05) is 48.4 Å². The fourth-order valence-corrected chi connectivity index (χ4v) is 4.63. The maximum atomic E-state index is 11.7. The number of aromatic amines is 1. The number of nitrogens with zero attached hydrogens (tertiary/aromatic N) is 2. The van der Waals surface area contributed by atoms with E-state index in [2.05, 4.69) is 26.7 Å². The van der Waals surface area contributed by atoms with Crippen molar-refractivity contribution < 1.29 is 23.9 Å². The molecule has 0 saturated carbocycles. The Hall–Kier alpha value is -2.86. The third-order valence-corrected chi connectivity index (χ3v) is 6.84. The number of likely N-dealkylation sites (N-methyl/N-ethyl adjacent to an activating group) is 1. The van der Waals surface area contributed by atoms with Crippen molar-refractivity contribution in [3.05, 3.63) is 64.0 Å². The summed E-state index contributed by atoms with van der Waals surface area (Å²) in [6, 6.07) is 8.82. The number of ether oxygens (including phenoxy) is 2. The highest BCUT2D eigenvalue weighted by molar-refractivity contribution is 6.42. The van der Waals surface area contributed by atoms with Gasteiger partial charge in [-0.2, -0.15) is 0 Å². The number of H-pyrrole nitrogens is 1. The molecule has 1 spiro atoms. The molecule has 1 atom stereocenters. The number of aldehydes is 2. The second-order valence-corrected chi connectivity index (χ2v) is 9.79. The number of nitrogens with one attached hydrogen (secondary N) is 3. The number of rotatable bonds is 7. The van der Waals surface area contributed by atoms with E-state index in [0.29, 0.717) is 42.6 Å². The normalized spacial score (nSPS) is 17.3. The van der Waals surface area contributed by atoms with Gasteiger partial charge in [-0.05, 0) is 43.9 Å². The predicted octanol–water partition coefficient (Wildman–Crippen LogP) is 2.77. The van der Waals surface area contributed by atoms with E-state index in [1.807, 2.05) is 19.3 Å². The molecule has 3 N–H and O–H groups in total. The highest BCUT2D eigenvalue weighted by Crippen LogP contribution is 2.33. The molecule has 3 aromatic rings. The Balaban J connectivity index is 0.000000165. The zero-order valence-electron chi connectivity index (χ0n) is 21.9. The molecule has 2 fully saturated rings. The Kier molecular flexibility index (Phi) is 11.9. The van der Waals surface area contributed by atoms with E-state index in [4.69, 9.17) is 32.7 Å². The van der Waals surface area contributed by atoms with Crippen molar-refractivity contribution in [2.45, 2.75) is 31.2 Å². The van der Waals surface area contributed by atoms with Gasteiger partial charge in [-0.1, -0.05) is 29.3 Å². The highest BCUT2D eigenvalue weighted by Gasteiger charge is 2.49. The van der Waals surface area contributed by atoms with Gasteiger partial charge in [0.15, 0.2) is 5.79 Å². The molecule has 2 aliphatic rings. The summed E-state index contributed by atoms with van der Waals surface area (Å²) in [5.41, 5.74) is 3.23. The van der Waals surface area contributed by atoms with Crippen LogP contribution in [0.2, 0.25) is 10.0 Å². The van der Waals surface area contributed by atoms with Crippen LogP contribution in [0.3, 0.4) is 0 Å². The summed E-state index contributed by atoms with van der Waals surface area (Å²) in [4.78, 5) is 41.6. The average Bonchev–Trinajstić information content (AvgIpc) is 3.66. The van der Waals surface area contributed by atoms with Crippen LogP contribution < -0.4 is 10.6 Å². The number of fused-ring (bicyclic) bond motifs is 1. The van der Waals surface area contributed by atoms with E-state index in [1.54, 1.807) is 31.4 Å². The topological polar surface area (TPSA) is 126 Å². The van der Waals surface area contributed by atoms with Gasteiger partial charge in [0.2, 0.25) is 5.91 Å². The van der Waals surface area contributed by atoms with Crippen LogP contribution in [0.1, 0.15) is 17.7 Å². The Labute approximate surface area is 237 Å². The van der Waals surface area contributed by atoms with Gasteiger partial charge in [-0.3, -0.25) is 9.78 Å². The van der Waals surface area contributed by atoms with Crippen molar-refractivity contribution in [3.63, 3.8) is 0 Å². The molecule has 10 nitrogen and oxygen atoms in total. The number of aromatic nitrogens is 2. The molecule has 2 aromatic heterocycles. The fraction of sp³-hybridized carbons (Fsp3) is 0.407. The lowest BCUT2D eigenvalue weighted by atomic mass is 10.2. The van der Waals surface area contributed by atoms with Gasteiger partial charge in [0.05, 0.1) is 42.4 Å². The van der Waals surface area contributed by atoms with Crippen molar-refractivity contribution in [3.8, 4) is 0 Å². The van der Waals surface area contributed by atoms with E-state index in [1.165, 1.54) is 16.0 Å². The monoisotopic (exact) mass is 577 g/mol. The zero-order valence-corrected chi connectivity index (χ0v) is 23.4. The maximum Gasteiger partial charge on any atom is 0.237 e. The fourth-order valence-electron chi connectivity index (χ4n) is 4.30. The first kappa shape index (κ1) is 30.7. The van der Waals surface area contributed by atoms with Crippen LogP contribution in [0.5, 0.6) is 0 Å². The van der Waals surface area contributed by atoms with Gasteiger partial charge < -0.3 is 39.6 Å². The van der Waals surface area contributed by atoms with Crippen LogP contribution in [-0.2, 0) is 36.8 Å². The van der Waals surface area contributed by atoms with Crippen LogP contribution in [0.25, 0.3) is 10.9 Å². The molecule has 2 saturated heterocycles. The number of pyridine rings is 1. The Morgan fingerprint density at radius 1 is 1.15 bits per heavy atom. The maximum absolute atomic E-state index is 11.7. The molecule has 0 bridgehead atoms. The largest absolute Gasteiger partial charge is 0.357 e. The van der Waals surface area contributed by atoms with Gasteiger partial charge in [-0.25, -0.2) is 0 Å². The zero-order chi connectivity index (χ0) is 28.3. The van der Waals surface area contributed by atoms with Gasteiger partial charge >= 0.3 is 0 Å². The van der Waals surface area contributed by atoms with E-state index in [0.717, 1.165) is 30.2 Å². The molecule has 1 amide bonds. The number of likely N-dealkylation sites (tertiary alicyclic amines) is 1. The van der Waals surface area contributed by atoms with Crippen LogP contribution in [-0.4, -0.2) is 85.6 Å². The van der Waals surface area contributed by atoms with Crippen molar-refractivity contribution in [2.24, 2.45) is 0 Å². The average molecular weight is 578 g/mol. The first-order valence-electron chi connectivity index (χ1n) is 12.5. The minimum Gasteiger partial charge on any atom is -0.357 e. The first-order valence-corrected chi connectivity index (χ1v) is 13.2. The Morgan fingerprint density at radius 2 is 1.92 bits per heavy atom. The van der Waals surface area contributed by atoms with Gasteiger partial charge in [0.1, 0.15) is 12.6 Å². The van der Waals surface area contributed by atoms with Crippen molar-refractivity contribution in [1.29, 1.82) is 0 Å². The summed E-state index contributed by atoms with van der Waals surface area (Å²) >= 11 is 11.4. The number of carbonyl (C=O) groups excluding carboxylic acids is 3. The molecule has 1 aromatic carbocycles. The van der Waals surface area contributed by atoms with Crippen molar-refractivity contribution >= 4 is 52.6 Å². The highest BCUT2D eigenvalue weighted by atomic mass is 35.5. The lowest BCUT2D eigenvalue weighted by molar-refractivity contribution is -0.152. The summed E-state index contributed by atoms with van der Waals surface area (Å²) in [5, 5.41) is 8.05. The molecule has 39 heavy (non-hydrogen) atoms. The molecule has 4 heterocycles. The van der Waals surface area contributed by atoms with E-state index in [-0.39, 0.29) is 12.5 Å². The number of hydrogen-bond donors (Lipinski definition) is 3. The quantitative estimate of drug-likeness (QED) is 0.366. The van der Waals surface area contributed by atoms with E-state index >= 15 is 0 Å². The summed E-state index contributed by atoms with van der Waals surface area (Å²) < 4.78 is 11.0. The molecular weight excluding hydrogens is 545 g/mol. The van der Waals surface area contributed by atoms with Gasteiger partial charge in [0.25, 0.3) is 0 Å². The number of benzene rings is 1. The Bertz CT molecular complexity index is 1220. The second-order valence-electron chi connectivity index (χ2n) is 8.97. The smallest absolute Gasteiger partial charge is 0.237 e. The van der Waals surface area contributed by atoms with Crippen molar-refractivity contribution in [1.82, 2.24) is 25.5 Å². The molecule has 210 valence electrons. The molecular formula is C27H33Cl2N5O5. The van der Waals surface area contributed by atoms with Crippen LogP contribution in [0.4, 0.5) is 0 Å². The summed E-state index contributed by atoms with van der Waals surface area (Å²) in [5.74, 6) is -0.842. The number of hydrogen-bond acceptors (Lipinski definition) is 8. The minimum atomic E-state index is -0.741.